The van der Waals surface area contributed by atoms with E-state index >= 15 is 0 Å². The first kappa shape index (κ1) is 19.9. The highest BCUT2D eigenvalue weighted by atomic mass is 19.1. The minimum atomic E-state index is -0.532. The van der Waals surface area contributed by atoms with Gasteiger partial charge in [-0.15, -0.1) is 0 Å². The summed E-state index contributed by atoms with van der Waals surface area (Å²) in [6, 6.07) is 4.27. The number of aryl methyl sites for hydroxylation is 2. The zero-order valence-corrected chi connectivity index (χ0v) is 15.9. The number of carbonyl (C=O) groups excluding carboxylic acids is 2. The summed E-state index contributed by atoms with van der Waals surface area (Å²) >= 11 is 0. The number of methoxy groups -OCH3 is 1. The van der Waals surface area contributed by atoms with Gasteiger partial charge in [0.05, 0.1) is 19.6 Å². The van der Waals surface area contributed by atoms with E-state index in [4.69, 9.17) is 4.52 Å². The third-order valence-electron chi connectivity index (χ3n) is 4.76. The van der Waals surface area contributed by atoms with Crippen molar-refractivity contribution in [3.8, 4) is 11.4 Å². The topological polar surface area (TPSA) is 97.6 Å². The molecule has 1 aromatic heterocycles. The van der Waals surface area contributed by atoms with E-state index < -0.39 is 12.0 Å². The van der Waals surface area contributed by atoms with Gasteiger partial charge in [-0.3, -0.25) is 14.5 Å². The largest absolute Gasteiger partial charge is 0.469 e. The Morgan fingerprint density at radius 1 is 1.46 bits per heavy atom. The van der Waals surface area contributed by atoms with Crippen LogP contribution in [-0.4, -0.2) is 59.7 Å². The Morgan fingerprint density at radius 2 is 2.29 bits per heavy atom. The van der Waals surface area contributed by atoms with Crippen LogP contribution < -0.4 is 5.32 Å². The van der Waals surface area contributed by atoms with Crippen molar-refractivity contribution in [2.75, 3.05) is 26.7 Å². The minimum absolute atomic E-state index is 0.0199. The van der Waals surface area contributed by atoms with E-state index in [9.17, 15) is 14.0 Å². The lowest BCUT2D eigenvalue weighted by Crippen LogP contribution is -2.56. The fraction of sp³-hybridized carbons (Fsp3) is 0.474. The fourth-order valence-corrected chi connectivity index (χ4v) is 3.13. The number of aromatic nitrogens is 2. The number of nitrogens with one attached hydrogen (secondary N) is 1. The molecule has 0 saturated carbocycles. The molecule has 1 aliphatic heterocycles. The van der Waals surface area contributed by atoms with Crippen LogP contribution in [-0.2, 0) is 20.7 Å². The summed E-state index contributed by atoms with van der Waals surface area (Å²) in [7, 11) is 1.31. The van der Waals surface area contributed by atoms with Crippen molar-refractivity contribution in [2.24, 2.45) is 0 Å². The highest BCUT2D eigenvalue weighted by Crippen LogP contribution is 2.19. The van der Waals surface area contributed by atoms with E-state index in [0.29, 0.717) is 55.3 Å². The number of nitrogens with zero attached hydrogens (tertiary/aromatic N) is 3. The standard InChI is InChI=1S/C19H23FN4O4/c1-12-5-6-13(10-14(12)20)18-22-16(28-23-18)4-3-8-24-9-7-21-19(26)15(24)11-17(25)27-2/h5-6,10,15H,3-4,7-9,11H2,1-2H3,(H,21,26). The van der Waals surface area contributed by atoms with Gasteiger partial charge in [0.25, 0.3) is 0 Å². The molecule has 1 fully saturated rings. The first-order chi connectivity index (χ1) is 13.5. The number of hydrogen-bond donors (Lipinski definition) is 1. The first-order valence-electron chi connectivity index (χ1n) is 9.15. The van der Waals surface area contributed by atoms with E-state index in [-0.39, 0.29) is 18.1 Å². The average molecular weight is 390 g/mol. The molecule has 28 heavy (non-hydrogen) atoms. The molecule has 1 N–H and O–H groups in total. The van der Waals surface area contributed by atoms with Crippen LogP contribution in [0.2, 0.25) is 0 Å². The second-order valence-corrected chi connectivity index (χ2v) is 6.70. The van der Waals surface area contributed by atoms with Crippen LogP contribution in [0.25, 0.3) is 11.4 Å². The third kappa shape index (κ3) is 4.72. The molecule has 1 amide bonds. The lowest BCUT2D eigenvalue weighted by Gasteiger charge is -2.34. The van der Waals surface area contributed by atoms with Crippen LogP contribution in [0, 0.1) is 12.7 Å². The number of esters is 1. The molecule has 150 valence electrons. The van der Waals surface area contributed by atoms with Crippen molar-refractivity contribution >= 4 is 11.9 Å². The van der Waals surface area contributed by atoms with Crippen molar-refractivity contribution < 1.29 is 23.2 Å². The number of benzene rings is 1. The van der Waals surface area contributed by atoms with Crippen molar-refractivity contribution in [1.82, 2.24) is 20.4 Å². The van der Waals surface area contributed by atoms with Crippen LogP contribution in [0.1, 0.15) is 24.3 Å². The molecule has 3 rings (SSSR count). The van der Waals surface area contributed by atoms with Gasteiger partial charge >= 0.3 is 5.97 Å². The minimum Gasteiger partial charge on any atom is -0.469 e. The van der Waals surface area contributed by atoms with Gasteiger partial charge < -0.3 is 14.6 Å². The Kier molecular flexibility index (Phi) is 6.35. The predicted molar refractivity (Wildman–Crippen MR) is 97.8 cm³/mol. The molecule has 2 aromatic rings. The average Bonchev–Trinajstić information content (AvgIpc) is 3.15. The summed E-state index contributed by atoms with van der Waals surface area (Å²) in [5.41, 5.74) is 1.11. The van der Waals surface area contributed by atoms with Crippen LogP contribution >= 0.6 is 0 Å². The van der Waals surface area contributed by atoms with Gasteiger partial charge in [-0.1, -0.05) is 17.3 Å². The van der Waals surface area contributed by atoms with E-state index in [1.54, 1.807) is 19.1 Å². The van der Waals surface area contributed by atoms with E-state index in [1.807, 2.05) is 4.90 Å². The number of rotatable bonds is 7. The summed E-state index contributed by atoms with van der Waals surface area (Å²) in [5, 5.41) is 6.68. The number of ether oxygens (including phenoxy) is 1. The quantitative estimate of drug-likeness (QED) is 0.715. The molecule has 0 spiro atoms. The molecule has 1 unspecified atom stereocenters. The second-order valence-electron chi connectivity index (χ2n) is 6.70. The molecule has 0 bridgehead atoms. The highest BCUT2D eigenvalue weighted by Gasteiger charge is 2.31. The van der Waals surface area contributed by atoms with Crippen molar-refractivity contribution in [1.29, 1.82) is 0 Å². The van der Waals surface area contributed by atoms with Crippen molar-refractivity contribution in [3.05, 3.63) is 35.5 Å². The molecular weight excluding hydrogens is 367 g/mol. The maximum absolute atomic E-state index is 13.7. The number of amides is 1. The first-order valence-corrected chi connectivity index (χ1v) is 9.15. The van der Waals surface area contributed by atoms with Crippen LogP contribution in [0.15, 0.2) is 22.7 Å². The molecule has 2 heterocycles. The third-order valence-corrected chi connectivity index (χ3v) is 4.76. The summed E-state index contributed by atoms with van der Waals surface area (Å²) in [6.45, 7) is 3.49. The second kappa shape index (κ2) is 8.92. The van der Waals surface area contributed by atoms with Crippen molar-refractivity contribution in [2.45, 2.75) is 32.2 Å². The van der Waals surface area contributed by atoms with E-state index in [0.717, 1.165) is 0 Å². The lowest BCUT2D eigenvalue weighted by molar-refractivity contribution is -0.145. The molecule has 1 aliphatic rings. The molecule has 1 saturated heterocycles. The summed E-state index contributed by atoms with van der Waals surface area (Å²) in [6.07, 6.45) is 1.21. The summed E-state index contributed by atoms with van der Waals surface area (Å²) in [5.74, 6) is -0.113. The van der Waals surface area contributed by atoms with Gasteiger partial charge in [0.2, 0.25) is 17.6 Å². The van der Waals surface area contributed by atoms with Gasteiger partial charge in [-0.25, -0.2) is 4.39 Å². The number of halogens is 1. The number of piperazine rings is 1. The van der Waals surface area contributed by atoms with Crippen LogP contribution in [0.3, 0.4) is 0 Å². The molecule has 8 nitrogen and oxygen atoms in total. The lowest BCUT2D eigenvalue weighted by atomic mass is 10.1. The van der Waals surface area contributed by atoms with Crippen molar-refractivity contribution in [3.63, 3.8) is 0 Å². The smallest absolute Gasteiger partial charge is 0.307 e. The molecule has 1 aromatic carbocycles. The Hall–Kier alpha value is -2.81. The van der Waals surface area contributed by atoms with Gasteiger partial charge in [0, 0.05) is 25.1 Å². The summed E-state index contributed by atoms with van der Waals surface area (Å²) in [4.78, 5) is 29.9. The Bertz CT molecular complexity index is 854. The van der Waals surface area contributed by atoms with Crippen LogP contribution in [0.5, 0.6) is 0 Å². The van der Waals surface area contributed by atoms with Gasteiger partial charge in [0.1, 0.15) is 5.82 Å². The maximum atomic E-state index is 13.7. The Morgan fingerprint density at radius 3 is 3.04 bits per heavy atom. The highest BCUT2D eigenvalue weighted by molar-refractivity contribution is 5.87. The van der Waals surface area contributed by atoms with Gasteiger partial charge in [-0.05, 0) is 31.5 Å². The molecule has 9 heteroatoms. The van der Waals surface area contributed by atoms with Crippen LogP contribution in [0.4, 0.5) is 4.39 Å². The Labute approximate surface area is 162 Å². The van der Waals surface area contributed by atoms with Gasteiger partial charge in [-0.2, -0.15) is 4.98 Å². The summed E-state index contributed by atoms with van der Waals surface area (Å²) < 4.78 is 23.6. The molecule has 0 radical (unpaired) electrons. The number of carbonyl (C=O) groups is 2. The monoisotopic (exact) mass is 390 g/mol. The van der Waals surface area contributed by atoms with E-state index in [2.05, 4.69) is 20.2 Å². The molecular formula is C19H23FN4O4. The predicted octanol–water partition coefficient (Wildman–Crippen LogP) is 1.48. The van der Waals surface area contributed by atoms with E-state index in [1.165, 1.54) is 13.2 Å². The fourth-order valence-electron chi connectivity index (χ4n) is 3.13. The zero-order valence-electron chi connectivity index (χ0n) is 15.9. The number of hydrogen-bond acceptors (Lipinski definition) is 7. The zero-order chi connectivity index (χ0) is 20.1. The Balaban J connectivity index is 1.57. The SMILES string of the molecule is COC(=O)CC1C(=O)NCCN1CCCc1nc(-c2ccc(C)c(F)c2)no1. The molecule has 1 atom stereocenters. The molecule has 0 aliphatic carbocycles. The maximum Gasteiger partial charge on any atom is 0.307 e. The normalized spacial score (nSPS) is 17.4. The van der Waals surface area contributed by atoms with Gasteiger partial charge in [0.15, 0.2) is 0 Å².